The quantitative estimate of drug-likeness (QED) is 0.725. The lowest BCUT2D eigenvalue weighted by Crippen LogP contribution is -2.31. The summed E-state index contributed by atoms with van der Waals surface area (Å²) in [5.74, 6) is 0.575. The molecule has 4 heteroatoms. The van der Waals surface area contributed by atoms with E-state index >= 15 is 0 Å². The van der Waals surface area contributed by atoms with Crippen molar-refractivity contribution in [3.8, 4) is 0 Å². The van der Waals surface area contributed by atoms with Crippen LogP contribution < -0.4 is 5.56 Å². The van der Waals surface area contributed by atoms with Gasteiger partial charge in [-0.15, -0.1) is 0 Å². The van der Waals surface area contributed by atoms with E-state index in [2.05, 4.69) is 33.9 Å². The molecule has 0 saturated heterocycles. The van der Waals surface area contributed by atoms with E-state index in [1.807, 2.05) is 10.6 Å². The third kappa shape index (κ3) is 1.55. The van der Waals surface area contributed by atoms with E-state index < -0.39 is 0 Å². The van der Waals surface area contributed by atoms with E-state index in [0.717, 1.165) is 19.5 Å². The van der Waals surface area contributed by atoms with Gasteiger partial charge < -0.3 is 9.47 Å². The Kier molecular flexibility index (Phi) is 2.44. The molecule has 2 atom stereocenters. The van der Waals surface area contributed by atoms with Crippen molar-refractivity contribution in [1.82, 2.24) is 9.47 Å². The van der Waals surface area contributed by atoms with Gasteiger partial charge in [0.05, 0.1) is 4.47 Å². The van der Waals surface area contributed by atoms with Gasteiger partial charge in [-0.1, -0.05) is 0 Å². The van der Waals surface area contributed by atoms with E-state index in [1.165, 1.54) is 12.1 Å². The van der Waals surface area contributed by atoms with Crippen LogP contribution in [0.5, 0.6) is 0 Å². The van der Waals surface area contributed by atoms with Crippen molar-refractivity contribution >= 4 is 15.9 Å². The molecule has 0 N–H and O–H groups in total. The Hall–Kier alpha value is -0.610. The van der Waals surface area contributed by atoms with Gasteiger partial charge in [0.25, 0.3) is 5.56 Å². The summed E-state index contributed by atoms with van der Waals surface area (Å²) in [4.78, 5) is 14.5. The SMILES string of the molecule is CN1CCCn2c(ccc(Br)c2=O)C2CC21. The number of nitrogens with zero attached hydrogens (tertiary/aromatic N) is 2. The van der Waals surface area contributed by atoms with Crippen molar-refractivity contribution < 1.29 is 0 Å². The molecule has 0 bridgehead atoms. The van der Waals surface area contributed by atoms with Crippen LogP contribution in [0.3, 0.4) is 0 Å². The van der Waals surface area contributed by atoms with Gasteiger partial charge >= 0.3 is 0 Å². The molecule has 1 saturated carbocycles. The molecule has 1 aromatic rings. The van der Waals surface area contributed by atoms with Crippen LogP contribution in [-0.4, -0.2) is 29.1 Å². The number of likely N-dealkylation sites (N-methyl/N-ethyl adjacent to an activating group) is 1. The fraction of sp³-hybridized carbons (Fsp3) is 0.583. The summed E-state index contributed by atoms with van der Waals surface area (Å²) < 4.78 is 2.64. The summed E-state index contributed by atoms with van der Waals surface area (Å²) in [6.45, 7) is 1.95. The van der Waals surface area contributed by atoms with Gasteiger partial charge in [-0.2, -0.15) is 0 Å². The molecule has 1 fully saturated rings. The lowest BCUT2D eigenvalue weighted by Gasteiger charge is -2.22. The molecule has 3 rings (SSSR count). The molecule has 0 spiro atoms. The van der Waals surface area contributed by atoms with Gasteiger partial charge in [0.15, 0.2) is 0 Å². The summed E-state index contributed by atoms with van der Waals surface area (Å²) in [6, 6.07) is 4.66. The van der Waals surface area contributed by atoms with Gasteiger partial charge in [-0.25, -0.2) is 0 Å². The van der Waals surface area contributed by atoms with Crippen LogP contribution in [0, 0.1) is 0 Å². The monoisotopic (exact) mass is 282 g/mol. The number of hydrogen-bond donors (Lipinski definition) is 0. The zero-order valence-corrected chi connectivity index (χ0v) is 10.9. The fourth-order valence-corrected chi connectivity index (χ4v) is 3.10. The second-order valence-corrected chi connectivity index (χ2v) is 5.66. The zero-order valence-electron chi connectivity index (χ0n) is 9.32. The summed E-state index contributed by atoms with van der Waals surface area (Å²) in [5, 5.41) is 0. The molecule has 3 nitrogen and oxygen atoms in total. The standard InChI is InChI=1S/C12H15BrN2O/c1-14-5-2-6-15-10(8-7-11(8)14)4-3-9(13)12(15)16/h3-4,8,11H,2,5-7H2,1H3. The van der Waals surface area contributed by atoms with Crippen LogP contribution in [0.15, 0.2) is 21.4 Å². The predicted molar refractivity (Wildman–Crippen MR) is 66.8 cm³/mol. The Morgan fingerprint density at radius 2 is 2.19 bits per heavy atom. The lowest BCUT2D eigenvalue weighted by atomic mass is 10.2. The highest BCUT2D eigenvalue weighted by molar-refractivity contribution is 9.10. The normalized spacial score (nSPS) is 28.9. The number of hydrogen-bond acceptors (Lipinski definition) is 2. The molecule has 0 radical (unpaired) electrons. The molecular weight excluding hydrogens is 268 g/mol. The summed E-state index contributed by atoms with van der Waals surface area (Å²) in [6.07, 6.45) is 2.26. The first-order valence-electron chi connectivity index (χ1n) is 5.78. The van der Waals surface area contributed by atoms with E-state index in [-0.39, 0.29) is 5.56 Å². The average molecular weight is 283 g/mol. The van der Waals surface area contributed by atoms with Crippen molar-refractivity contribution in [2.24, 2.45) is 0 Å². The summed E-state index contributed by atoms with van der Waals surface area (Å²) in [7, 11) is 2.19. The van der Waals surface area contributed by atoms with Gasteiger partial charge in [0.2, 0.25) is 0 Å². The van der Waals surface area contributed by atoms with Gasteiger partial charge in [0.1, 0.15) is 0 Å². The average Bonchev–Trinajstić information content (AvgIpc) is 3.02. The molecule has 2 heterocycles. The highest BCUT2D eigenvalue weighted by Crippen LogP contribution is 2.44. The largest absolute Gasteiger partial charge is 0.311 e. The first-order chi connectivity index (χ1) is 7.68. The van der Waals surface area contributed by atoms with Crippen LogP contribution in [0.25, 0.3) is 0 Å². The van der Waals surface area contributed by atoms with Crippen LogP contribution in [0.1, 0.15) is 24.5 Å². The van der Waals surface area contributed by atoms with Crippen molar-refractivity contribution in [2.45, 2.75) is 31.3 Å². The molecule has 1 aliphatic heterocycles. The van der Waals surface area contributed by atoms with Gasteiger partial charge in [-0.05, 0) is 54.5 Å². The number of pyridine rings is 1. The van der Waals surface area contributed by atoms with Crippen molar-refractivity contribution in [3.63, 3.8) is 0 Å². The third-order valence-corrected chi connectivity index (χ3v) is 4.36. The Labute approximate surface area is 103 Å². The van der Waals surface area contributed by atoms with E-state index in [1.54, 1.807) is 0 Å². The number of rotatable bonds is 0. The topological polar surface area (TPSA) is 25.2 Å². The number of aromatic nitrogens is 1. The first kappa shape index (κ1) is 10.5. The highest BCUT2D eigenvalue weighted by Gasteiger charge is 2.43. The molecule has 86 valence electrons. The van der Waals surface area contributed by atoms with Crippen molar-refractivity contribution in [3.05, 3.63) is 32.7 Å². The number of fused-ring (bicyclic) bond motifs is 3. The zero-order chi connectivity index (χ0) is 11.3. The van der Waals surface area contributed by atoms with Crippen LogP contribution in [0.2, 0.25) is 0 Å². The molecular formula is C12H15BrN2O. The van der Waals surface area contributed by atoms with Crippen LogP contribution in [-0.2, 0) is 6.54 Å². The Morgan fingerprint density at radius 1 is 1.38 bits per heavy atom. The smallest absolute Gasteiger partial charge is 0.265 e. The lowest BCUT2D eigenvalue weighted by molar-refractivity contribution is 0.294. The molecule has 0 amide bonds. The molecule has 0 aromatic carbocycles. The molecule has 2 unspecified atom stereocenters. The maximum atomic E-state index is 12.0. The Balaban J connectivity index is 2.09. The number of halogens is 1. The molecule has 1 aliphatic carbocycles. The molecule has 16 heavy (non-hydrogen) atoms. The highest BCUT2D eigenvalue weighted by atomic mass is 79.9. The minimum Gasteiger partial charge on any atom is -0.311 e. The second kappa shape index (κ2) is 3.70. The van der Waals surface area contributed by atoms with E-state index in [0.29, 0.717) is 16.4 Å². The van der Waals surface area contributed by atoms with Gasteiger partial charge in [-0.3, -0.25) is 4.79 Å². The Morgan fingerprint density at radius 3 is 3.00 bits per heavy atom. The molecule has 1 aromatic heterocycles. The minimum absolute atomic E-state index is 0.132. The van der Waals surface area contributed by atoms with E-state index in [4.69, 9.17) is 0 Å². The third-order valence-electron chi connectivity index (χ3n) is 3.76. The first-order valence-corrected chi connectivity index (χ1v) is 6.57. The minimum atomic E-state index is 0.132. The fourth-order valence-electron chi connectivity index (χ4n) is 2.75. The maximum absolute atomic E-state index is 12.0. The summed E-state index contributed by atoms with van der Waals surface area (Å²) in [5.41, 5.74) is 1.36. The Bertz CT molecular complexity index is 482. The maximum Gasteiger partial charge on any atom is 0.265 e. The second-order valence-electron chi connectivity index (χ2n) is 4.81. The predicted octanol–water partition coefficient (Wildman–Crippen LogP) is 1.80. The van der Waals surface area contributed by atoms with Crippen LogP contribution in [0.4, 0.5) is 0 Å². The molecule has 2 aliphatic rings. The van der Waals surface area contributed by atoms with Crippen molar-refractivity contribution in [2.75, 3.05) is 13.6 Å². The van der Waals surface area contributed by atoms with Gasteiger partial charge in [0, 0.05) is 24.2 Å². The van der Waals surface area contributed by atoms with Crippen molar-refractivity contribution in [1.29, 1.82) is 0 Å². The van der Waals surface area contributed by atoms with Crippen LogP contribution >= 0.6 is 15.9 Å². The van der Waals surface area contributed by atoms with E-state index in [9.17, 15) is 4.79 Å². The summed E-state index contributed by atoms with van der Waals surface area (Å²) >= 11 is 3.32.